The van der Waals surface area contributed by atoms with E-state index in [-0.39, 0.29) is 16.6 Å². The summed E-state index contributed by atoms with van der Waals surface area (Å²) in [4.78, 5) is 14.0. The highest BCUT2D eigenvalue weighted by molar-refractivity contribution is 8.00. The lowest BCUT2D eigenvalue weighted by Gasteiger charge is -2.31. The van der Waals surface area contributed by atoms with E-state index in [1.807, 2.05) is 38.1 Å². The maximum atomic E-state index is 14.5. The van der Waals surface area contributed by atoms with Crippen LogP contribution >= 0.6 is 35.1 Å². The van der Waals surface area contributed by atoms with Crippen molar-refractivity contribution in [3.63, 3.8) is 0 Å². The number of alkyl halides is 2. The van der Waals surface area contributed by atoms with Crippen molar-refractivity contribution in [1.29, 1.82) is 0 Å². The van der Waals surface area contributed by atoms with Crippen LogP contribution in [0.1, 0.15) is 40.2 Å². The number of amides is 2. The van der Waals surface area contributed by atoms with E-state index < -0.39 is 16.4 Å². The molecule has 2 amide bonds. The molecule has 0 saturated carbocycles. The van der Waals surface area contributed by atoms with Gasteiger partial charge in [-0.2, -0.15) is 0 Å². The third-order valence-electron chi connectivity index (χ3n) is 3.80. The number of anilines is 1. The number of benzene rings is 1. The number of hydrogen-bond donors (Lipinski definition) is 0. The van der Waals surface area contributed by atoms with Crippen LogP contribution in [-0.4, -0.2) is 26.0 Å². The monoisotopic (exact) mass is 393 g/mol. The lowest BCUT2D eigenvalue weighted by atomic mass is 9.87. The molecule has 0 N–H and O–H groups in total. The topological polar surface area (TPSA) is 26.8 Å². The molecule has 1 aromatic carbocycles. The van der Waals surface area contributed by atoms with Crippen molar-refractivity contribution in [1.82, 2.24) is 9.65 Å². The standard InChI is InChI=1S/C16H22Cl2FN3OS/c1-10(2)13-20(15(23)21(19)22(13)24-14(17)18)12-8-6-7-11(9-12)16(3,4)5/h6-10,13-14H,1-5H3. The molecule has 24 heavy (non-hydrogen) atoms. The lowest BCUT2D eigenvalue weighted by Crippen LogP contribution is -2.41. The maximum absolute atomic E-state index is 14.5. The third kappa shape index (κ3) is 3.93. The summed E-state index contributed by atoms with van der Waals surface area (Å²) in [5.41, 5.74) is 1.64. The van der Waals surface area contributed by atoms with Crippen LogP contribution in [0.4, 0.5) is 15.0 Å². The Bertz CT molecular complexity index is 609. The van der Waals surface area contributed by atoms with Gasteiger partial charge in [-0.25, -0.2) is 4.79 Å². The molecule has 1 fully saturated rings. The molecule has 0 aliphatic carbocycles. The summed E-state index contributed by atoms with van der Waals surface area (Å²) in [5.74, 6) is -0.0347. The van der Waals surface area contributed by atoms with Crippen LogP contribution in [0.3, 0.4) is 0 Å². The van der Waals surface area contributed by atoms with Crippen molar-refractivity contribution in [2.45, 2.75) is 50.4 Å². The number of nitrogens with zero attached hydrogens (tertiary/aromatic N) is 3. The van der Waals surface area contributed by atoms with Crippen molar-refractivity contribution in [2.24, 2.45) is 5.92 Å². The molecule has 134 valence electrons. The zero-order valence-electron chi connectivity index (χ0n) is 14.3. The van der Waals surface area contributed by atoms with E-state index in [4.69, 9.17) is 23.2 Å². The largest absolute Gasteiger partial charge is 0.370 e. The number of rotatable bonds is 4. The van der Waals surface area contributed by atoms with Crippen molar-refractivity contribution < 1.29 is 9.28 Å². The summed E-state index contributed by atoms with van der Waals surface area (Å²) in [6.45, 7) is 10.1. The molecule has 2 rings (SSSR count). The van der Waals surface area contributed by atoms with E-state index in [2.05, 4.69) is 20.8 Å². The van der Waals surface area contributed by atoms with Crippen LogP contribution in [0, 0.1) is 5.92 Å². The van der Waals surface area contributed by atoms with Gasteiger partial charge < -0.3 is 0 Å². The average molecular weight is 394 g/mol. The van der Waals surface area contributed by atoms with Gasteiger partial charge in [0.1, 0.15) is 6.17 Å². The maximum Gasteiger partial charge on any atom is 0.370 e. The average Bonchev–Trinajstić information content (AvgIpc) is 2.71. The van der Waals surface area contributed by atoms with Crippen LogP contribution in [-0.2, 0) is 5.41 Å². The second kappa shape index (κ2) is 7.28. The highest BCUT2D eigenvalue weighted by atomic mass is 35.5. The van der Waals surface area contributed by atoms with Crippen LogP contribution in [0.5, 0.6) is 0 Å². The molecule has 4 nitrogen and oxygen atoms in total. The Morgan fingerprint density at radius 2 is 1.88 bits per heavy atom. The fourth-order valence-corrected chi connectivity index (χ4v) is 3.88. The SMILES string of the molecule is CC(C)C1N(c2cccc(C(C)(C)C)c2)C(=O)N(F)N1SC(Cl)Cl. The molecule has 1 saturated heterocycles. The lowest BCUT2D eigenvalue weighted by molar-refractivity contribution is -0.0519. The highest BCUT2D eigenvalue weighted by Crippen LogP contribution is 2.40. The van der Waals surface area contributed by atoms with Gasteiger partial charge in [0, 0.05) is 5.69 Å². The van der Waals surface area contributed by atoms with E-state index in [1.54, 1.807) is 0 Å². The van der Waals surface area contributed by atoms with Crippen LogP contribution in [0.2, 0.25) is 0 Å². The molecule has 0 spiro atoms. The van der Waals surface area contributed by atoms with Gasteiger partial charge in [-0.15, -0.1) is 4.41 Å². The first kappa shape index (κ1) is 19.6. The van der Waals surface area contributed by atoms with E-state index in [9.17, 15) is 9.28 Å². The van der Waals surface area contributed by atoms with Gasteiger partial charge in [0.25, 0.3) is 0 Å². The molecular formula is C16H22Cl2FN3OS. The first-order valence-corrected chi connectivity index (χ1v) is 9.38. The van der Waals surface area contributed by atoms with Gasteiger partial charge >= 0.3 is 6.03 Å². The fraction of sp³-hybridized carbons (Fsp3) is 0.562. The Hall–Kier alpha value is -0.690. The Labute approximate surface area is 156 Å². The minimum Gasteiger partial charge on any atom is -0.272 e. The van der Waals surface area contributed by atoms with E-state index in [1.165, 1.54) is 9.31 Å². The summed E-state index contributed by atoms with van der Waals surface area (Å²) in [5, 5.41) is 0.0802. The van der Waals surface area contributed by atoms with Gasteiger partial charge in [0.05, 0.1) is 0 Å². The molecule has 0 radical (unpaired) electrons. The normalized spacial score (nSPS) is 19.9. The Balaban J connectivity index is 2.46. The molecule has 0 aromatic heterocycles. The Morgan fingerprint density at radius 1 is 1.25 bits per heavy atom. The molecule has 8 heteroatoms. The van der Waals surface area contributed by atoms with Gasteiger partial charge in [-0.3, -0.25) is 4.90 Å². The smallest absolute Gasteiger partial charge is 0.272 e. The van der Waals surface area contributed by atoms with Crippen molar-refractivity contribution in [3.8, 4) is 0 Å². The molecule has 1 unspecified atom stereocenters. The first-order valence-electron chi connectivity index (χ1n) is 7.67. The Kier molecular flexibility index (Phi) is 5.95. The molecule has 1 aromatic rings. The van der Waals surface area contributed by atoms with Crippen molar-refractivity contribution >= 4 is 46.9 Å². The van der Waals surface area contributed by atoms with Crippen molar-refractivity contribution in [3.05, 3.63) is 29.8 Å². The number of urea groups is 1. The second-order valence-corrected chi connectivity index (χ2v) is 9.71. The number of carbonyl (C=O) groups is 1. The van der Waals surface area contributed by atoms with E-state index in [0.29, 0.717) is 5.69 Å². The van der Waals surface area contributed by atoms with E-state index in [0.717, 1.165) is 17.5 Å². The number of hydrogen-bond acceptors (Lipinski definition) is 3. The second-order valence-electron chi connectivity index (χ2n) is 7.04. The third-order valence-corrected chi connectivity index (χ3v) is 5.01. The zero-order chi connectivity index (χ0) is 18.2. The van der Waals surface area contributed by atoms with Crippen LogP contribution in [0.25, 0.3) is 0 Å². The molecular weight excluding hydrogens is 372 g/mol. The number of carbonyl (C=O) groups excluding carboxylic acids is 1. The van der Waals surface area contributed by atoms with Crippen LogP contribution < -0.4 is 4.90 Å². The number of halogens is 3. The molecule has 1 aliphatic heterocycles. The minimum absolute atomic E-state index is 0.0347. The minimum atomic E-state index is -0.877. The molecule has 1 aliphatic rings. The first-order chi connectivity index (χ1) is 11.0. The van der Waals surface area contributed by atoms with E-state index >= 15 is 0 Å². The quantitative estimate of drug-likeness (QED) is 0.371. The van der Waals surface area contributed by atoms with Gasteiger partial charge in [-0.1, -0.05) is 79.7 Å². The van der Waals surface area contributed by atoms with Crippen LogP contribution in [0.15, 0.2) is 24.3 Å². The predicted molar refractivity (Wildman–Crippen MR) is 99.5 cm³/mol. The molecule has 1 atom stereocenters. The summed E-state index contributed by atoms with van der Waals surface area (Å²) in [7, 11) is 0. The summed E-state index contributed by atoms with van der Waals surface area (Å²) in [6.07, 6.45) is -0.525. The summed E-state index contributed by atoms with van der Waals surface area (Å²) in [6, 6.07) is 6.87. The highest BCUT2D eigenvalue weighted by Gasteiger charge is 2.48. The van der Waals surface area contributed by atoms with Gasteiger partial charge in [0.2, 0.25) is 0 Å². The zero-order valence-corrected chi connectivity index (χ0v) is 16.7. The number of hydrazine groups is 1. The van der Waals surface area contributed by atoms with Gasteiger partial charge in [-0.05, 0) is 41.0 Å². The van der Waals surface area contributed by atoms with Gasteiger partial charge in [0.15, 0.2) is 4.17 Å². The molecule has 0 bridgehead atoms. The summed E-state index contributed by atoms with van der Waals surface area (Å²) < 4.78 is 14.8. The summed E-state index contributed by atoms with van der Waals surface area (Å²) >= 11 is 12.4. The molecule has 1 heterocycles. The Morgan fingerprint density at radius 3 is 2.38 bits per heavy atom. The van der Waals surface area contributed by atoms with Crippen molar-refractivity contribution in [2.75, 3.05) is 4.90 Å². The predicted octanol–water partition coefficient (Wildman–Crippen LogP) is 5.72. The fourth-order valence-electron chi connectivity index (χ4n) is 2.61.